The van der Waals surface area contributed by atoms with Crippen LogP contribution in [0.1, 0.15) is 12.0 Å². The molecule has 0 atom stereocenters. The Morgan fingerprint density at radius 3 is 3.05 bits per heavy atom. The van der Waals surface area contributed by atoms with Crippen molar-refractivity contribution in [3.63, 3.8) is 0 Å². The van der Waals surface area contributed by atoms with Crippen molar-refractivity contribution >= 4 is 23.1 Å². The molecule has 0 spiro atoms. The summed E-state index contributed by atoms with van der Waals surface area (Å²) in [4.78, 5) is 0. The van der Waals surface area contributed by atoms with E-state index in [0.29, 0.717) is 12.3 Å². The van der Waals surface area contributed by atoms with Crippen LogP contribution in [0.15, 0.2) is 30.3 Å². The molecule has 7 nitrogen and oxygen atoms in total. The van der Waals surface area contributed by atoms with Crippen LogP contribution in [-0.4, -0.2) is 38.4 Å². The predicted octanol–water partition coefficient (Wildman–Crippen LogP) is 2.36. The highest BCUT2D eigenvalue weighted by molar-refractivity contribution is 6.30. The Hall–Kier alpha value is -2.41. The van der Waals surface area contributed by atoms with Crippen molar-refractivity contribution in [1.29, 1.82) is 0 Å². The van der Waals surface area contributed by atoms with E-state index < -0.39 is 0 Å². The Kier molecular flexibility index (Phi) is 4.34. The fraction of sp³-hybridized carbons (Fsp3) is 0.286. The van der Waals surface area contributed by atoms with Crippen molar-refractivity contribution in [3.8, 4) is 5.75 Å². The average Bonchev–Trinajstić information content (AvgIpc) is 2.96. The number of nitrogens with one attached hydrogen (secondary N) is 1. The summed E-state index contributed by atoms with van der Waals surface area (Å²) in [5.74, 6) is 1.58. The first kappa shape index (κ1) is 14.5. The van der Waals surface area contributed by atoms with Crippen LogP contribution in [0.5, 0.6) is 5.75 Å². The van der Waals surface area contributed by atoms with Crippen molar-refractivity contribution in [1.82, 2.24) is 25.3 Å². The Balaban J connectivity index is 1.45. The number of hydrogen-bond acceptors (Lipinski definition) is 6. The number of tetrazole rings is 1. The second-order valence-corrected chi connectivity index (χ2v) is 5.22. The average molecular weight is 319 g/mol. The number of nitrogens with zero attached hydrogens (tertiary/aromatic N) is 5. The second-order valence-electron chi connectivity index (χ2n) is 4.78. The molecule has 22 heavy (non-hydrogen) atoms. The van der Waals surface area contributed by atoms with Crippen LogP contribution in [0.2, 0.25) is 5.02 Å². The van der Waals surface area contributed by atoms with Gasteiger partial charge in [-0.3, -0.25) is 0 Å². The summed E-state index contributed by atoms with van der Waals surface area (Å²) in [5.41, 5.74) is 1.65. The van der Waals surface area contributed by atoms with E-state index in [2.05, 4.69) is 25.9 Å². The molecule has 0 radical (unpaired) electrons. The molecule has 0 unspecified atom stereocenters. The van der Waals surface area contributed by atoms with Crippen molar-refractivity contribution in [2.75, 3.05) is 18.5 Å². The maximum absolute atomic E-state index is 5.91. The number of benzene rings is 1. The van der Waals surface area contributed by atoms with Crippen LogP contribution in [0, 0.1) is 6.92 Å². The van der Waals surface area contributed by atoms with Gasteiger partial charge in [0.05, 0.1) is 6.61 Å². The number of ether oxygens (including phenoxy) is 1. The minimum absolute atomic E-state index is 0.614. The molecule has 1 N–H and O–H groups in total. The molecular formula is C14H15ClN6O. The van der Waals surface area contributed by atoms with E-state index in [1.807, 2.05) is 37.3 Å². The number of hydrogen-bond donors (Lipinski definition) is 1. The summed E-state index contributed by atoms with van der Waals surface area (Å²) < 4.78 is 7.12. The van der Waals surface area contributed by atoms with Gasteiger partial charge >= 0.3 is 0 Å². The lowest BCUT2D eigenvalue weighted by Crippen LogP contribution is -2.10. The molecule has 1 aromatic carbocycles. The van der Waals surface area contributed by atoms with Gasteiger partial charge in [-0.25, -0.2) is 0 Å². The fourth-order valence-electron chi connectivity index (χ4n) is 1.99. The van der Waals surface area contributed by atoms with E-state index in [-0.39, 0.29) is 0 Å². The van der Waals surface area contributed by atoms with Gasteiger partial charge in [-0.15, -0.1) is 14.8 Å². The smallest absolute Gasteiger partial charge is 0.200 e. The Morgan fingerprint density at radius 1 is 1.27 bits per heavy atom. The quantitative estimate of drug-likeness (QED) is 0.703. The van der Waals surface area contributed by atoms with Gasteiger partial charge in [-0.05, 0) is 59.7 Å². The summed E-state index contributed by atoms with van der Waals surface area (Å²) in [6.45, 7) is 3.33. The SMILES string of the molecule is Cc1cc(Cl)ccc1OCCCNc1ccc2nnnn2n1. The topological polar surface area (TPSA) is 77.2 Å². The van der Waals surface area contributed by atoms with Crippen LogP contribution in [0.4, 0.5) is 5.82 Å². The molecule has 2 aromatic heterocycles. The Morgan fingerprint density at radius 2 is 2.18 bits per heavy atom. The first-order valence-electron chi connectivity index (χ1n) is 6.90. The van der Waals surface area contributed by atoms with Crippen molar-refractivity contribution in [2.45, 2.75) is 13.3 Å². The Labute approximate surface area is 132 Å². The zero-order valence-corrected chi connectivity index (χ0v) is 12.8. The second kappa shape index (κ2) is 6.57. The molecule has 2 heterocycles. The maximum atomic E-state index is 5.91. The van der Waals surface area contributed by atoms with E-state index >= 15 is 0 Å². The summed E-state index contributed by atoms with van der Waals surface area (Å²) in [6, 6.07) is 9.25. The molecule has 3 rings (SSSR count). The van der Waals surface area contributed by atoms with Gasteiger partial charge in [0.1, 0.15) is 11.6 Å². The zero-order chi connectivity index (χ0) is 15.4. The molecular weight excluding hydrogens is 304 g/mol. The van der Waals surface area contributed by atoms with E-state index in [1.165, 1.54) is 4.63 Å². The molecule has 0 amide bonds. The number of aryl methyl sites for hydroxylation is 1. The maximum Gasteiger partial charge on any atom is 0.200 e. The summed E-state index contributed by atoms with van der Waals surface area (Å²) in [7, 11) is 0. The lowest BCUT2D eigenvalue weighted by molar-refractivity contribution is 0.313. The third-order valence-corrected chi connectivity index (χ3v) is 3.33. The van der Waals surface area contributed by atoms with Crippen LogP contribution in [-0.2, 0) is 0 Å². The number of aromatic nitrogens is 5. The molecule has 0 saturated heterocycles. The van der Waals surface area contributed by atoms with Crippen LogP contribution in [0.3, 0.4) is 0 Å². The van der Waals surface area contributed by atoms with E-state index in [0.717, 1.165) is 35.1 Å². The largest absolute Gasteiger partial charge is 0.493 e. The first-order chi connectivity index (χ1) is 10.7. The van der Waals surface area contributed by atoms with Gasteiger partial charge in [-0.2, -0.15) is 0 Å². The molecule has 0 fully saturated rings. The molecule has 0 saturated carbocycles. The van der Waals surface area contributed by atoms with Gasteiger partial charge in [0.15, 0.2) is 5.65 Å². The molecule has 8 heteroatoms. The predicted molar refractivity (Wildman–Crippen MR) is 83.4 cm³/mol. The van der Waals surface area contributed by atoms with Crippen molar-refractivity contribution < 1.29 is 4.74 Å². The summed E-state index contributed by atoms with van der Waals surface area (Å²) in [5, 5.41) is 19.2. The molecule has 0 aliphatic carbocycles. The van der Waals surface area contributed by atoms with Gasteiger partial charge in [0.2, 0.25) is 0 Å². The van der Waals surface area contributed by atoms with Gasteiger partial charge in [-0.1, -0.05) is 11.6 Å². The Bertz CT molecular complexity index is 775. The first-order valence-corrected chi connectivity index (χ1v) is 7.28. The van der Waals surface area contributed by atoms with Gasteiger partial charge in [0, 0.05) is 11.6 Å². The molecule has 0 bridgehead atoms. The lowest BCUT2D eigenvalue weighted by atomic mass is 10.2. The highest BCUT2D eigenvalue weighted by atomic mass is 35.5. The zero-order valence-electron chi connectivity index (χ0n) is 12.0. The standard InChI is InChI=1S/C14H15ClN6O/c1-10-9-11(15)3-4-12(10)22-8-2-7-16-13-5-6-14-17-19-20-21(14)18-13/h3-6,9H,2,7-8H2,1H3,(H,16,18). The van der Waals surface area contributed by atoms with E-state index in [4.69, 9.17) is 16.3 Å². The minimum atomic E-state index is 0.614. The highest BCUT2D eigenvalue weighted by Gasteiger charge is 2.02. The minimum Gasteiger partial charge on any atom is -0.493 e. The van der Waals surface area contributed by atoms with Crippen molar-refractivity contribution in [3.05, 3.63) is 40.9 Å². The van der Waals surface area contributed by atoms with Crippen LogP contribution < -0.4 is 10.1 Å². The third-order valence-electron chi connectivity index (χ3n) is 3.09. The van der Waals surface area contributed by atoms with E-state index in [9.17, 15) is 0 Å². The number of fused-ring (bicyclic) bond motifs is 1. The fourth-order valence-corrected chi connectivity index (χ4v) is 2.22. The third kappa shape index (κ3) is 3.43. The summed E-state index contributed by atoms with van der Waals surface area (Å²) in [6.07, 6.45) is 0.845. The number of halogens is 1. The summed E-state index contributed by atoms with van der Waals surface area (Å²) >= 11 is 5.91. The number of anilines is 1. The highest BCUT2D eigenvalue weighted by Crippen LogP contribution is 2.21. The van der Waals surface area contributed by atoms with Gasteiger partial charge < -0.3 is 10.1 Å². The molecule has 0 aliphatic rings. The molecule has 0 aliphatic heterocycles. The number of rotatable bonds is 6. The normalized spacial score (nSPS) is 10.8. The van der Waals surface area contributed by atoms with Gasteiger partial charge in [0.25, 0.3) is 0 Å². The van der Waals surface area contributed by atoms with Crippen LogP contribution >= 0.6 is 11.6 Å². The van der Waals surface area contributed by atoms with Crippen molar-refractivity contribution in [2.24, 2.45) is 0 Å². The molecule has 114 valence electrons. The van der Waals surface area contributed by atoms with Crippen LogP contribution in [0.25, 0.3) is 5.65 Å². The monoisotopic (exact) mass is 318 g/mol. The lowest BCUT2D eigenvalue weighted by Gasteiger charge is -2.10. The van der Waals surface area contributed by atoms with E-state index in [1.54, 1.807) is 0 Å². The molecule has 3 aromatic rings.